The van der Waals surface area contributed by atoms with E-state index in [0.29, 0.717) is 0 Å². The highest BCUT2D eigenvalue weighted by Crippen LogP contribution is 2.43. The van der Waals surface area contributed by atoms with Crippen LogP contribution in [0, 0.1) is 29.6 Å². The summed E-state index contributed by atoms with van der Waals surface area (Å²) in [6.45, 7) is 2.41. The van der Waals surface area contributed by atoms with Crippen LogP contribution in [0.2, 0.25) is 0 Å². The third-order valence-electron chi connectivity index (χ3n) is 6.93. The average molecular weight is 337 g/mol. The van der Waals surface area contributed by atoms with Crippen LogP contribution in [0.1, 0.15) is 84.0 Å². The lowest BCUT2D eigenvalue weighted by molar-refractivity contribution is 0.119. The molecule has 2 heteroatoms. The van der Waals surface area contributed by atoms with E-state index in [0.717, 1.165) is 30.1 Å². The molecule has 0 atom stereocenters. The van der Waals surface area contributed by atoms with E-state index in [-0.39, 0.29) is 19.1 Å². The molecule has 2 fully saturated rings. The minimum absolute atomic E-state index is 0.112. The van der Waals surface area contributed by atoms with E-state index in [1.807, 2.05) is 0 Å². The molecule has 2 rings (SSSR count). The molecule has 0 radical (unpaired) electrons. The van der Waals surface area contributed by atoms with Gasteiger partial charge in [0.2, 0.25) is 0 Å². The van der Waals surface area contributed by atoms with Gasteiger partial charge in [-0.25, -0.2) is 0 Å². The van der Waals surface area contributed by atoms with Gasteiger partial charge in [0.1, 0.15) is 0 Å². The number of rotatable bonds is 9. The van der Waals surface area contributed by atoms with Gasteiger partial charge in [-0.2, -0.15) is 0 Å². The summed E-state index contributed by atoms with van der Waals surface area (Å²) in [4.78, 5) is 0. The molecule has 0 aromatic carbocycles. The maximum absolute atomic E-state index is 9.19. The molecule has 0 amide bonds. The van der Waals surface area contributed by atoms with Crippen molar-refractivity contribution in [2.24, 2.45) is 29.6 Å². The summed E-state index contributed by atoms with van der Waals surface area (Å²) < 4.78 is 0. The molecule has 0 unspecified atom stereocenters. The van der Waals surface area contributed by atoms with Gasteiger partial charge < -0.3 is 10.2 Å². The average Bonchev–Trinajstić information content (AvgIpc) is 2.64. The van der Waals surface area contributed by atoms with Crippen LogP contribution in [0.4, 0.5) is 0 Å². The minimum atomic E-state index is 0.112. The summed E-state index contributed by atoms with van der Waals surface area (Å²) in [6, 6.07) is 0. The summed E-state index contributed by atoms with van der Waals surface area (Å²) in [7, 11) is 0. The third-order valence-corrected chi connectivity index (χ3v) is 6.93. The van der Waals surface area contributed by atoms with Crippen molar-refractivity contribution in [2.75, 3.05) is 13.2 Å². The molecule has 2 aliphatic rings. The Labute approximate surface area is 149 Å². The first-order valence-electron chi connectivity index (χ1n) is 10.6. The molecule has 2 N–H and O–H groups in total. The van der Waals surface area contributed by atoms with E-state index in [4.69, 9.17) is 0 Å². The molecule has 140 valence electrons. The van der Waals surface area contributed by atoms with Crippen LogP contribution in [0.3, 0.4) is 0 Å². The second-order valence-corrected chi connectivity index (χ2v) is 8.52. The van der Waals surface area contributed by atoms with Crippen molar-refractivity contribution < 1.29 is 10.2 Å². The Morgan fingerprint density at radius 1 is 0.792 bits per heavy atom. The van der Waals surface area contributed by atoms with Crippen LogP contribution in [0.25, 0.3) is 0 Å². The van der Waals surface area contributed by atoms with Crippen molar-refractivity contribution in [3.05, 3.63) is 12.2 Å². The van der Waals surface area contributed by atoms with Gasteiger partial charge in [-0.1, -0.05) is 44.3 Å². The van der Waals surface area contributed by atoms with E-state index < -0.39 is 0 Å². The lowest BCUT2D eigenvalue weighted by Crippen LogP contribution is -2.26. The summed E-state index contributed by atoms with van der Waals surface area (Å²) in [5.41, 5.74) is 0. The number of hydrogen-bond donors (Lipinski definition) is 2. The molecule has 0 heterocycles. The van der Waals surface area contributed by atoms with Gasteiger partial charge in [-0.05, 0) is 75.5 Å². The van der Waals surface area contributed by atoms with Crippen LogP contribution in [0.5, 0.6) is 0 Å². The lowest BCUT2D eigenvalue weighted by Gasteiger charge is -2.38. The van der Waals surface area contributed by atoms with Crippen LogP contribution >= 0.6 is 0 Å². The SMILES string of the molecule is C/C=C/CCC1CCC(C2CCC(CCC(CO)CO)CC2)CC1. The lowest BCUT2D eigenvalue weighted by atomic mass is 9.68. The fraction of sp³-hybridized carbons (Fsp3) is 0.909. The fourth-order valence-electron chi connectivity index (χ4n) is 5.11. The van der Waals surface area contributed by atoms with E-state index in [1.165, 1.54) is 70.6 Å². The quantitative estimate of drug-likeness (QED) is 0.558. The van der Waals surface area contributed by atoms with Crippen molar-refractivity contribution >= 4 is 0 Å². The Morgan fingerprint density at radius 2 is 1.29 bits per heavy atom. The summed E-state index contributed by atoms with van der Waals surface area (Å²) >= 11 is 0. The predicted octanol–water partition coefficient (Wildman–Crippen LogP) is 5.34. The maximum Gasteiger partial charge on any atom is 0.0481 e. The van der Waals surface area contributed by atoms with Gasteiger partial charge >= 0.3 is 0 Å². The van der Waals surface area contributed by atoms with Crippen molar-refractivity contribution in [1.29, 1.82) is 0 Å². The normalized spacial score (nSPS) is 31.8. The zero-order valence-electron chi connectivity index (χ0n) is 15.8. The molecular weight excluding hydrogens is 296 g/mol. The fourth-order valence-corrected chi connectivity index (χ4v) is 5.11. The van der Waals surface area contributed by atoms with E-state index in [2.05, 4.69) is 19.1 Å². The largest absolute Gasteiger partial charge is 0.396 e. The highest BCUT2D eigenvalue weighted by molar-refractivity contribution is 4.84. The van der Waals surface area contributed by atoms with Gasteiger partial charge in [-0.3, -0.25) is 0 Å². The predicted molar refractivity (Wildman–Crippen MR) is 102 cm³/mol. The third kappa shape index (κ3) is 6.52. The maximum atomic E-state index is 9.19. The van der Waals surface area contributed by atoms with Gasteiger partial charge in [-0.15, -0.1) is 0 Å². The first-order chi connectivity index (χ1) is 11.8. The molecule has 2 saturated carbocycles. The van der Waals surface area contributed by atoms with Gasteiger partial charge in [0, 0.05) is 19.1 Å². The molecule has 0 saturated heterocycles. The highest BCUT2D eigenvalue weighted by atomic mass is 16.3. The zero-order chi connectivity index (χ0) is 17.2. The highest BCUT2D eigenvalue weighted by Gasteiger charge is 2.30. The molecule has 24 heavy (non-hydrogen) atoms. The summed E-state index contributed by atoms with van der Waals surface area (Å²) in [5, 5.41) is 18.4. The molecule has 2 aliphatic carbocycles. The molecule has 0 aliphatic heterocycles. The van der Waals surface area contributed by atoms with Crippen LogP contribution in [0.15, 0.2) is 12.2 Å². The second kappa shape index (κ2) is 11.3. The van der Waals surface area contributed by atoms with Crippen molar-refractivity contribution in [2.45, 2.75) is 84.0 Å². The Hall–Kier alpha value is -0.340. The minimum Gasteiger partial charge on any atom is -0.396 e. The van der Waals surface area contributed by atoms with Crippen LogP contribution in [-0.2, 0) is 0 Å². The van der Waals surface area contributed by atoms with Gasteiger partial charge in [0.15, 0.2) is 0 Å². The van der Waals surface area contributed by atoms with Gasteiger partial charge in [0.05, 0.1) is 0 Å². The van der Waals surface area contributed by atoms with E-state index in [9.17, 15) is 10.2 Å². The molecular formula is C22H40O2. The molecule has 0 aromatic heterocycles. The van der Waals surface area contributed by atoms with E-state index >= 15 is 0 Å². The summed E-state index contributed by atoms with van der Waals surface area (Å²) in [6.07, 6.45) is 20.9. The number of aliphatic hydroxyl groups is 2. The van der Waals surface area contributed by atoms with Crippen molar-refractivity contribution in [3.63, 3.8) is 0 Å². The first kappa shape index (κ1) is 20.0. The monoisotopic (exact) mass is 336 g/mol. The number of aliphatic hydroxyl groups excluding tert-OH is 2. The molecule has 0 aromatic rings. The molecule has 2 nitrogen and oxygen atoms in total. The Kier molecular flexibility index (Phi) is 9.41. The van der Waals surface area contributed by atoms with Gasteiger partial charge in [0.25, 0.3) is 0 Å². The van der Waals surface area contributed by atoms with Crippen molar-refractivity contribution in [1.82, 2.24) is 0 Å². The number of allylic oxidation sites excluding steroid dienone is 2. The number of hydrogen-bond acceptors (Lipinski definition) is 2. The molecule has 0 bridgehead atoms. The van der Waals surface area contributed by atoms with Crippen LogP contribution < -0.4 is 0 Å². The zero-order valence-corrected chi connectivity index (χ0v) is 15.8. The standard InChI is InChI=1S/C22H40O2/c1-2-3-4-5-18-8-12-21(13-9-18)22-14-10-19(11-15-22)6-7-20(16-23)17-24/h2-3,18-24H,4-17H2,1H3/b3-2+. The van der Waals surface area contributed by atoms with Crippen LogP contribution in [-0.4, -0.2) is 23.4 Å². The smallest absolute Gasteiger partial charge is 0.0481 e. The molecule has 0 spiro atoms. The Morgan fingerprint density at radius 3 is 1.75 bits per heavy atom. The second-order valence-electron chi connectivity index (χ2n) is 8.52. The topological polar surface area (TPSA) is 40.5 Å². The first-order valence-corrected chi connectivity index (χ1v) is 10.6. The summed E-state index contributed by atoms with van der Waals surface area (Å²) in [5.74, 6) is 3.94. The Balaban J connectivity index is 1.61. The Bertz CT molecular complexity index is 332. The van der Waals surface area contributed by atoms with Crippen molar-refractivity contribution in [3.8, 4) is 0 Å². The van der Waals surface area contributed by atoms with E-state index in [1.54, 1.807) is 0 Å².